The topological polar surface area (TPSA) is 74.5 Å². The first-order valence-corrected chi connectivity index (χ1v) is 11.2. The summed E-state index contributed by atoms with van der Waals surface area (Å²) in [5, 5.41) is 14.8. The van der Waals surface area contributed by atoms with Gasteiger partial charge in [-0.25, -0.2) is 15.0 Å². The van der Waals surface area contributed by atoms with Crippen molar-refractivity contribution >= 4 is 56.4 Å². The molecule has 2 aromatic carbocycles. The number of thiazole rings is 1. The smallest absolute Gasteiger partial charge is 0.161 e. The van der Waals surface area contributed by atoms with Gasteiger partial charge < -0.3 is 5.32 Å². The molecule has 5 nitrogen and oxygen atoms in total. The van der Waals surface area contributed by atoms with Crippen LogP contribution >= 0.6 is 34.5 Å². The summed E-state index contributed by atoms with van der Waals surface area (Å²) in [6.07, 6.45) is 0.524. The molecule has 4 aromatic rings. The zero-order valence-corrected chi connectivity index (χ0v) is 19.5. The van der Waals surface area contributed by atoms with E-state index in [-0.39, 0.29) is 0 Å². The molecule has 156 valence electrons. The number of nitrogens with one attached hydrogen (secondary N) is 1. The normalized spacial score (nSPS) is 11.5. The first kappa shape index (κ1) is 21.5. The van der Waals surface area contributed by atoms with E-state index in [2.05, 4.69) is 21.4 Å². The molecule has 0 unspecified atom stereocenters. The Balaban J connectivity index is 1.67. The van der Waals surface area contributed by atoms with Crippen molar-refractivity contribution in [1.82, 2.24) is 15.0 Å². The molecule has 0 atom stereocenters. The lowest BCUT2D eigenvalue weighted by atomic mass is 9.86. The fourth-order valence-electron chi connectivity index (χ4n) is 3.16. The van der Waals surface area contributed by atoms with Crippen LogP contribution in [0.25, 0.3) is 10.3 Å². The number of hydrogen-bond acceptors (Lipinski definition) is 6. The third-order valence-electron chi connectivity index (χ3n) is 4.95. The zero-order valence-electron chi connectivity index (χ0n) is 17.2. The molecule has 0 aliphatic heterocycles. The first-order valence-electron chi connectivity index (χ1n) is 9.62. The van der Waals surface area contributed by atoms with Crippen molar-refractivity contribution < 1.29 is 0 Å². The van der Waals surface area contributed by atoms with Crippen LogP contribution in [0.3, 0.4) is 0 Å². The van der Waals surface area contributed by atoms with Crippen LogP contribution in [0, 0.1) is 18.3 Å². The monoisotopic (exact) mass is 467 g/mol. The Morgan fingerprint density at radius 2 is 1.71 bits per heavy atom. The molecule has 2 heterocycles. The molecule has 4 rings (SSSR count). The van der Waals surface area contributed by atoms with Gasteiger partial charge in [0, 0.05) is 22.2 Å². The number of aryl methyl sites for hydroxylation is 1. The molecule has 0 fully saturated rings. The van der Waals surface area contributed by atoms with Crippen molar-refractivity contribution in [3.05, 3.63) is 74.5 Å². The van der Waals surface area contributed by atoms with Crippen LogP contribution in [0.1, 0.15) is 35.8 Å². The summed E-state index contributed by atoms with van der Waals surface area (Å²) < 4.78 is 0. The van der Waals surface area contributed by atoms with E-state index in [1.165, 1.54) is 11.3 Å². The number of anilines is 2. The summed E-state index contributed by atoms with van der Waals surface area (Å²) in [6.45, 7) is 5.65. The summed E-state index contributed by atoms with van der Waals surface area (Å²) in [6, 6.07) is 15.6. The number of hydrogen-bond donors (Lipinski definition) is 1. The highest BCUT2D eigenvalue weighted by Crippen LogP contribution is 2.32. The van der Waals surface area contributed by atoms with E-state index in [0.29, 0.717) is 33.6 Å². The lowest BCUT2D eigenvalue weighted by Crippen LogP contribution is -2.13. The fourth-order valence-corrected chi connectivity index (χ4v) is 4.68. The fraction of sp³-hybridized carbons (Fsp3) is 0.217. The van der Waals surface area contributed by atoms with Gasteiger partial charge in [0.25, 0.3) is 0 Å². The van der Waals surface area contributed by atoms with E-state index in [9.17, 15) is 5.26 Å². The number of benzene rings is 2. The third-order valence-corrected chi connectivity index (χ3v) is 6.61. The van der Waals surface area contributed by atoms with Crippen LogP contribution in [0.4, 0.5) is 11.5 Å². The van der Waals surface area contributed by atoms with Crippen molar-refractivity contribution in [1.29, 1.82) is 5.26 Å². The van der Waals surface area contributed by atoms with Crippen molar-refractivity contribution in [2.75, 3.05) is 5.32 Å². The first-order chi connectivity index (χ1) is 14.8. The molecule has 31 heavy (non-hydrogen) atoms. The van der Waals surface area contributed by atoms with Gasteiger partial charge in [0.05, 0.1) is 11.5 Å². The zero-order chi connectivity index (χ0) is 22.2. The minimum atomic E-state index is -0.541. The van der Waals surface area contributed by atoms with Gasteiger partial charge in [-0.05, 0) is 56.2 Å². The van der Waals surface area contributed by atoms with Crippen LogP contribution in [0.5, 0.6) is 0 Å². The second-order valence-corrected chi connectivity index (χ2v) is 9.57. The molecule has 0 spiro atoms. The average molecular weight is 468 g/mol. The van der Waals surface area contributed by atoms with Crippen molar-refractivity contribution in [2.24, 2.45) is 0 Å². The van der Waals surface area contributed by atoms with Gasteiger partial charge in [-0.3, -0.25) is 0 Å². The molecule has 0 saturated heterocycles. The average Bonchev–Trinajstić information content (AvgIpc) is 3.14. The Kier molecular flexibility index (Phi) is 5.85. The molecule has 2 aromatic heterocycles. The Morgan fingerprint density at radius 1 is 1.03 bits per heavy atom. The highest BCUT2D eigenvalue weighted by molar-refractivity contribution is 7.18. The molecule has 0 saturated carbocycles. The summed E-state index contributed by atoms with van der Waals surface area (Å²) in [5.74, 6) is 1.30. The molecular weight excluding hydrogens is 449 g/mol. The van der Waals surface area contributed by atoms with Crippen LogP contribution < -0.4 is 5.32 Å². The number of rotatable bonds is 5. The second kappa shape index (κ2) is 8.43. The Bertz CT molecular complexity index is 1290. The number of halogens is 2. The summed E-state index contributed by atoms with van der Waals surface area (Å²) in [5.41, 5.74) is 2.83. The molecule has 0 aliphatic carbocycles. The second-order valence-electron chi connectivity index (χ2n) is 7.70. The Morgan fingerprint density at radius 3 is 2.35 bits per heavy atom. The molecule has 0 bridgehead atoms. The van der Waals surface area contributed by atoms with Gasteiger partial charge in [0.2, 0.25) is 0 Å². The molecule has 8 heteroatoms. The van der Waals surface area contributed by atoms with E-state index in [1.54, 1.807) is 0 Å². The van der Waals surface area contributed by atoms with E-state index in [1.807, 2.05) is 63.2 Å². The quantitative estimate of drug-likeness (QED) is 0.347. The van der Waals surface area contributed by atoms with Gasteiger partial charge in [-0.2, -0.15) is 5.26 Å². The maximum atomic E-state index is 9.34. The summed E-state index contributed by atoms with van der Waals surface area (Å²) in [4.78, 5) is 14.7. The van der Waals surface area contributed by atoms with Crippen molar-refractivity contribution in [3.8, 4) is 6.07 Å². The molecule has 0 amide bonds. The number of nitriles is 1. The maximum Gasteiger partial charge on any atom is 0.161 e. The largest absolute Gasteiger partial charge is 0.338 e. The molecular formula is C23H19Cl2N5S. The van der Waals surface area contributed by atoms with Gasteiger partial charge in [-0.1, -0.05) is 52.7 Å². The van der Waals surface area contributed by atoms with Crippen molar-refractivity contribution in [3.63, 3.8) is 0 Å². The van der Waals surface area contributed by atoms with E-state index in [4.69, 9.17) is 28.2 Å². The van der Waals surface area contributed by atoms with Gasteiger partial charge in [0.1, 0.15) is 21.2 Å². The highest BCUT2D eigenvalue weighted by Gasteiger charge is 2.20. The van der Waals surface area contributed by atoms with Crippen LogP contribution in [0.2, 0.25) is 10.0 Å². The predicted molar refractivity (Wildman–Crippen MR) is 128 cm³/mol. The maximum absolute atomic E-state index is 9.34. The minimum absolute atomic E-state index is 0.524. The Labute approximate surface area is 194 Å². The van der Waals surface area contributed by atoms with E-state index >= 15 is 0 Å². The van der Waals surface area contributed by atoms with E-state index in [0.717, 1.165) is 26.7 Å². The highest BCUT2D eigenvalue weighted by atomic mass is 35.5. The van der Waals surface area contributed by atoms with Crippen LogP contribution in [0.15, 0.2) is 42.5 Å². The van der Waals surface area contributed by atoms with Crippen molar-refractivity contribution in [2.45, 2.75) is 32.6 Å². The lowest BCUT2D eigenvalue weighted by Gasteiger charge is -2.16. The van der Waals surface area contributed by atoms with Gasteiger partial charge >= 0.3 is 0 Å². The third kappa shape index (κ3) is 4.49. The summed E-state index contributed by atoms with van der Waals surface area (Å²) in [7, 11) is 0. The van der Waals surface area contributed by atoms with Crippen LogP contribution in [-0.4, -0.2) is 15.0 Å². The number of fused-ring (bicyclic) bond motifs is 1. The molecule has 0 radical (unpaired) electrons. The van der Waals surface area contributed by atoms with Crippen LogP contribution in [-0.2, 0) is 11.8 Å². The molecule has 0 aliphatic rings. The van der Waals surface area contributed by atoms with Gasteiger partial charge in [0.15, 0.2) is 5.82 Å². The molecule has 1 N–H and O–H groups in total. The van der Waals surface area contributed by atoms with Gasteiger partial charge in [-0.15, -0.1) is 0 Å². The summed E-state index contributed by atoms with van der Waals surface area (Å²) >= 11 is 14.2. The van der Waals surface area contributed by atoms with E-state index < -0.39 is 5.41 Å². The SMILES string of the molecule is Cc1nc(Nc2ccc(C(C)(C)C#N)cc2)c2nc(Cc3c(Cl)cccc3Cl)sc2n1. The standard InChI is InChI=1S/C23H19Cl2N5S/c1-13-27-21(29-15-9-7-14(8-10-15)23(2,3)12-26)20-22(28-13)31-19(30-20)11-16-17(24)5-4-6-18(16)25/h4-10H,11H2,1-3H3,(H,27,28,29). The number of nitrogens with zero attached hydrogens (tertiary/aromatic N) is 4. The number of aromatic nitrogens is 3. The Hall–Kier alpha value is -2.72. The predicted octanol–water partition coefficient (Wildman–Crippen LogP) is 6.84. The minimum Gasteiger partial charge on any atom is -0.338 e. The lowest BCUT2D eigenvalue weighted by molar-refractivity contribution is 0.687.